The third-order valence-electron chi connectivity index (χ3n) is 4.83. The highest BCUT2D eigenvalue weighted by atomic mass is 32.2. The molecule has 0 spiro atoms. The maximum Gasteiger partial charge on any atom is 0.319 e. The van der Waals surface area contributed by atoms with Crippen molar-refractivity contribution < 1.29 is 17.9 Å². The van der Waals surface area contributed by atoms with E-state index in [1.54, 1.807) is 43.5 Å². The Morgan fingerprint density at radius 2 is 1.89 bits per heavy atom. The van der Waals surface area contributed by atoms with Gasteiger partial charge in [-0.25, -0.2) is 13.2 Å². The first kappa shape index (κ1) is 19.2. The molecule has 2 atom stereocenters. The Morgan fingerprint density at radius 3 is 2.52 bits per heavy atom. The van der Waals surface area contributed by atoms with Crippen molar-refractivity contribution in [3.05, 3.63) is 54.6 Å². The minimum Gasteiger partial charge on any atom is -0.376 e. The van der Waals surface area contributed by atoms with Crippen molar-refractivity contribution in [2.24, 2.45) is 0 Å². The summed E-state index contributed by atoms with van der Waals surface area (Å²) in [5.74, 6) is 0. The van der Waals surface area contributed by atoms with Crippen molar-refractivity contribution in [2.75, 3.05) is 23.8 Å². The first-order valence-electron chi connectivity index (χ1n) is 8.53. The zero-order chi connectivity index (χ0) is 19.7. The van der Waals surface area contributed by atoms with Gasteiger partial charge in [0.05, 0.1) is 22.2 Å². The van der Waals surface area contributed by atoms with Crippen molar-refractivity contribution in [3.63, 3.8) is 0 Å². The van der Waals surface area contributed by atoms with Crippen LogP contribution in [0.5, 0.6) is 0 Å². The van der Waals surface area contributed by atoms with Gasteiger partial charge in [0, 0.05) is 26.3 Å². The van der Waals surface area contributed by atoms with Crippen LogP contribution >= 0.6 is 0 Å². The van der Waals surface area contributed by atoms with Crippen LogP contribution in [0.4, 0.5) is 16.2 Å². The lowest BCUT2D eigenvalue weighted by atomic mass is 10.3. The summed E-state index contributed by atoms with van der Waals surface area (Å²) < 4.78 is 32.3. The summed E-state index contributed by atoms with van der Waals surface area (Å²) in [6.07, 6.45) is 0.743. The number of rotatable bonds is 6. The average molecular weight is 389 g/mol. The minimum atomic E-state index is -3.74. The monoisotopic (exact) mass is 389 g/mol. The molecule has 0 saturated heterocycles. The number of benzene rings is 2. The highest BCUT2D eigenvalue weighted by Gasteiger charge is 2.51. The molecule has 0 aliphatic heterocycles. The number of nitrogens with one attached hydrogen (secondary N) is 2. The normalized spacial score (nSPS) is 21.4. The average Bonchev–Trinajstić information content (AvgIpc) is 3.31. The van der Waals surface area contributed by atoms with E-state index in [1.165, 1.54) is 23.5 Å². The zero-order valence-corrected chi connectivity index (χ0v) is 16.3. The van der Waals surface area contributed by atoms with Crippen LogP contribution in [-0.4, -0.2) is 40.2 Å². The number of amides is 2. The summed E-state index contributed by atoms with van der Waals surface area (Å²) in [6, 6.07) is 14.5. The molecule has 27 heavy (non-hydrogen) atoms. The van der Waals surface area contributed by atoms with Crippen LogP contribution in [-0.2, 0) is 14.8 Å². The van der Waals surface area contributed by atoms with Gasteiger partial charge in [0.15, 0.2) is 0 Å². The number of sulfonamides is 1. The second-order valence-electron chi connectivity index (χ2n) is 6.71. The van der Waals surface area contributed by atoms with E-state index < -0.39 is 16.1 Å². The summed E-state index contributed by atoms with van der Waals surface area (Å²) in [6.45, 7) is 1.92. The Balaban J connectivity index is 1.72. The first-order chi connectivity index (χ1) is 12.8. The number of methoxy groups -OCH3 is 1. The molecule has 2 N–H and O–H groups in total. The van der Waals surface area contributed by atoms with Crippen LogP contribution in [0, 0.1) is 0 Å². The summed E-state index contributed by atoms with van der Waals surface area (Å²) in [7, 11) is -0.637. The van der Waals surface area contributed by atoms with Crippen LogP contribution in [0.3, 0.4) is 0 Å². The highest BCUT2D eigenvalue weighted by Crippen LogP contribution is 2.38. The van der Waals surface area contributed by atoms with Crippen molar-refractivity contribution >= 4 is 27.4 Å². The minimum absolute atomic E-state index is 0.0568. The van der Waals surface area contributed by atoms with E-state index in [0.29, 0.717) is 11.4 Å². The van der Waals surface area contributed by atoms with E-state index in [9.17, 15) is 13.2 Å². The Labute approximate surface area is 159 Å². The standard InChI is InChI=1S/C19H23N3O4S/c1-19(26-3)13-17(19)21-18(23)20-14-8-7-11-16(12-14)27(24,25)22(2)15-9-5-4-6-10-15/h4-12,17H,13H2,1-3H3,(H2,20,21,23)/t17-,19+/m1/s1. The number of carbonyl (C=O) groups excluding carboxylic acids is 1. The van der Waals surface area contributed by atoms with Gasteiger partial charge in [-0.3, -0.25) is 4.31 Å². The molecule has 0 bridgehead atoms. The Hall–Kier alpha value is -2.58. The van der Waals surface area contributed by atoms with Gasteiger partial charge in [0.25, 0.3) is 10.0 Å². The van der Waals surface area contributed by atoms with Crippen LogP contribution in [0.1, 0.15) is 13.3 Å². The molecule has 0 heterocycles. The van der Waals surface area contributed by atoms with Crippen molar-refractivity contribution in [3.8, 4) is 0 Å². The maximum atomic E-state index is 12.9. The number of nitrogens with zero attached hydrogens (tertiary/aromatic N) is 1. The molecule has 3 rings (SSSR count). The fraction of sp³-hybridized carbons (Fsp3) is 0.316. The quantitative estimate of drug-likeness (QED) is 0.795. The summed E-state index contributed by atoms with van der Waals surface area (Å²) >= 11 is 0. The van der Waals surface area contributed by atoms with Crippen LogP contribution in [0.15, 0.2) is 59.5 Å². The van der Waals surface area contributed by atoms with Crippen LogP contribution in [0.2, 0.25) is 0 Å². The molecule has 2 amide bonds. The fourth-order valence-corrected chi connectivity index (χ4v) is 4.01. The topological polar surface area (TPSA) is 87.7 Å². The third-order valence-corrected chi connectivity index (χ3v) is 6.61. The lowest BCUT2D eigenvalue weighted by Gasteiger charge is -2.20. The van der Waals surface area contributed by atoms with Crippen LogP contribution in [0.25, 0.3) is 0 Å². The fourth-order valence-electron chi connectivity index (χ4n) is 2.77. The molecule has 0 unspecified atom stereocenters. The van der Waals surface area contributed by atoms with Gasteiger partial charge in [0.1, 0.15) is 0 Å². The number of hydrogen-bond donors (Lipinski definition) is 2. The van der Waals surface area contributed by atoms with Crippen molar-refractivity contribution in [1.82, 2.24) is 5.32 Å². The molecule has 1 aliphatic carbocycles. The molecule has 0 aromatic heterocycles. The first-order valence-corrected chi connectivity index (χ1v) is 9.97. The van der Waals surface area contributed by atoms with E-state index in [1.807, 2.05) is 13.0 Å². The number of anilines is 2. The number of urea groups is 1. The van der Waals surface area contributed by atoms with E-state index in [4.69, 9.17) is 4.74 Å². The van der Waals surface area contributed by atoms with Gasteiger partial charge in [-0.05, 0) is 37.3 Å². The number of ether oxygens (including phenoxy) is 1. The predicted molar refractivity (Wildman–Crippen MR) is 104 cm³/mol. The zero-order valence-electron chi connectivity index (χ0n) is 15.5. The van der Waals surface area contributed by atoms with E-state index >= 15 is 0 Å². The van der Waals surface area contributed by atoms with E-state index in [-0.39, 0.29) is 16.5 Å². The lowest BCUT2D eigenvalue weighted by Crippen LogP contribution is -2.35. The summed E-state index contributed by atoms with van der Waals surface area (Å²) in [4.78, 5) is 12.2. The predicted octanol–water partition coefficient (Wildman–Crippen LogP) is 2.81. The molecule has 0 radical (unpaired) electrons. The summed E-state index contributed by atoms with van der Waals surface area (Å²) in [5.41, 5.74) is 0.622. The van der Waals surface area contributed by atoms with Crippen LogP contribution < -0.4 is 14.9 Å². The third kappa shape index (κ3) is 4.06. The SMILES string of the molecule is CO[C@@]1(C)C[C@H]1NC(=O)Nc1cccc(S(=O)(=O)N(C)c2ccccc2)c1. The maximum absolute atomic E-state index is 12.9. The Bertz CT molecular complexity index is 933. The molecular weight excluding hydrogens is 366 g/mol. The van der Waals surface area contributed by atoms with E-state index in [0.717, 1.165) is 6.42 Å². The molecule has 7 nitrogen and oxygen atoms in total. The summed E-state index contributed by atoms with van der Waals surface area (Å²) in [5, 5.41) is 5.49. The van der Waals surface area contributed by atoms with Gasteiger partial charge in [-0.1, -0.05) is 24.3 Å². The molecule has 1 fully saturated rings. The van der Waals surface area contributed by atoms with Crippen molar-refractivity contribution in [1.29, 1.82) is 0 Å². The van der Waals surface area contributed by atoms with E-state index in [2.05, 4.69) is 10.6 Å². The number of hydrogen-bond acceptors (Lipinski definition) is 4. The van der Waals surface area contributed by atoms with Gasteiger partial charge in [-0.15, -0.1) is 0 Å². The molecule has 2 aromatic carbocycles. The molecule has 1 aliphatic rings. The molecule has 1 saturated carbocycles. The molecule has 8 heteroatoms. The molecule has 144 valence electrons. The highest BCUT2D eigenvalue weighted by molar-refractivity contribution is 7.92. The number of carbonyl (C=O) groups is 1. The van der Waals surface area contributed by atoms with Gasteiger partial charge in [0.2, 0.25) is 0 Å². The van der Waals surface area contributed by atoms with Crippen molar-refractivity contribution in [2.45, 2.75) is 29.9 Å². The smallest absolute Gasteiger partial charge is 0.319 e. The Kier molecular flexibility index (Phi) is 5.12. The van der Waals surface area contributed by atoms with Gasteiger partial charge in [-0.2, -0.15) is 0 Å². The van der Waals surface area contributed by atoms with Gasteiger partial charge >= 0.3 is 6.03 Å². The molecule has 2 aromatic rings. The largest absolute Gasteiger partial charge is 0.376 e. The molecular formula is C19H23N3O4S. The Morgan fingerprint density at radius 1 is 1.19 bits per heavy atom. The van der Waals surface area contributed by atoms with Gasteiger partial charge < -0.3 is 15.4 Å². The number of para-hydroxylation sites is 1. The second kappa shape index (κ2) is 7.21. The lowest BCUT2D eigenvalue weighted by molar-refractivity contribution is 0.0885. The second-order valence-corrected chi connectivity index (χ2v) is 8.68.